The minimum absolute atomic E-state index is 0.0372. The number of fused-ring (bicyclic) bond motifs is 5. The summed E-state index contributed by atoms with van der Waals surface area (Å²) < 4.78 is 0. The molecule has 4 aliphatic carbocycles. The van der Waals surface area contributed by atoms with Gasteiger partial charge in [0.05, 0.1) is 5.60 Å². The van der Waals surface area contributed by atoms with Gasteiger partial charge >= 0.3 is 5.97 Å². The van der Waals surface area contributed by atoms with Crippen molar-refractivity contribution < 1.29 is 19.8 Å². The number of ketones is 1. The van der Waals surface area contributed by atoms with Crippen molar-refractivity contribution in [2.24, 2.45) is 28.6 Å². The lowest BCUT2D eigenvalue weighted by Crippen LogP contribution is -2.53. The first kappa shape index (κ1) is 18.0. The fraction of sp³-hybridized carbons (Fsp3) is 0.727. The van der Waals surface area contributed by atoms with Crippen LogP contribution in [0.15, 0.2) is 23.8 Å². The van der Waals surface area contributed by atoms with Crippen LogP contribution in [-0.2, 0) is 9.59 Å². The van der Waals surface area contributed by atoms with Gasteiger partial charge in [-0.15, -0.1) is 0 Å². The Bertz CT molecular complexity index is 707. The van der Waals surface area contributed by atoms with Crippen LogP contribution in [0.4, 0.5) is 0 Å². The molecule has 0 heterocycles. The van der Waals surface area contributed by atoms with E-state index in [0.717, 1.165) is 25.7 Å². The predicted octanol–water partition coefficient (Wildman–Crippen LogP) is 3.89. The zero-order valence-electron chi connectivity index (χ0n) is 15.8. The standard InChI is InChI=1S/C22H30O4/c1-20-9-5-15(23)13-14(20)3-4-16-17(20)6-10-21(2)18(16)7-11-22(21,26)12-8-19(24)25/h3-4,13,16-18,26H,5-12H2,1-2H3,(H,24,25)/t16-,17+,18-,20+,21+,22-/m1/s1. The summed E-state index contributed by atoms with van der Waals surface area (Å²) in [5, 5.41) is 20.5. The zero-order chi connectivity index (χ0) is 18.7. The lowest BCUT2D eigenvalue weighted by Gasteiger charge is -2.57. The van der Waals surface area contributed by atoms with Crippen LogP contribution in [0.5, 0.6) is 0 Å². The van der Waals surface area contributed by atoms with E-state index < -0.39 is 11.6 Å². The molecule has 2 N–H and O–H groups in total. The first-order chi connectivity index (χ1) is 12.2. The van der Waals surface area contributed by atoms with Gasteiger partial charge in [-0.05, 0) is 78.8 Å². The maximum Gasteiger partial charge on any atom is 0.303 e. The number of aliphatic carboxylic acids is 1. The molecule has 26 heavy (non-hydrogen) atoms. The Morgan fingerprint density at radius 3 is 2.65 bits per heavy atom. The molecule has 0 spiro atoms. The monoisotopic (exact) mass is 358 g/mol. The van der Waals surface area contributed by atoms with Crippen LogP contribution >= 0.6 is 0 Å². The van der Waals surface area contributed by atoms with Crippen molar-refractivity contribution in [1.29, 1.82) is 0 Å². The first-order valence-corrected chi connectivity index (χ1v) is 10.1. The van der Waals surface area contributed by atoms with Crippen molar-refractivity contribution in [2.75, 3.05) is 0 Å². The summed E-state index contributed by atoms with van der Waals surface area (Å²) in [4.78, 5) is 22.9. The molecule has 4 nitrogen and oxygen atoms in total. The van der Waals surface area contributed by atoms with E-state index in [1.807, 2.05) is 6.08 Å². The predicted molar refractivity (Wildman–Crippen MR) is 98.4 cm³/mol. The van der Waals surface area contributed by atoms with Crippen LogP contribution in [0.25, 0.3) is 0 Å². The SMILES string of the molecule is C[C@]12CCC(=O)C=C1C=C[C@H]1[C@H]3CC[C@@](O)(CCC(=O)O)[C@@]3(C)CC[C@@H]12. The topological polar surface area (TPSA) is 74.6 Å². The molecule has 142 valence electrons. The van der Waals surface area contributed by atoms with E-state index in [-0.39, 0.29) is 23.0 Å². The number of carbonyl (C=O) groups is 2. The van der Waals surface area contributed by atoms with Gasteiger partial charge in [-0.25, -0.2) is 0 Å². The molecule has 4 rings (SSSR count). The van der Waals surface area contributed by atoms with E-state index in [4.69, 9.17) is 5.11 Å². The Kier molecular flexibility index (Phi) is 4.00. The molecule has 6 atom stereocenters. The fourth-order valence-corrected chi connectivity index (χ4v) is 6.83. The molecular formula is C22H30O4. The lowest BCUT2D eigenvalue weighted by atomic mass is 9.48. The van der Waals surface area contributed by atoms with Gasteiger partial charge in [-0.2, -0.15) is 0 Å². The minimum atomic E-state index is -0.867. The summed E-state index contributed by atoms with van der Waals surface area (Å²) in [5.74, 6) is 0.748. The number of hydrogen-bond donors (Lipinski definition) is 2. The van der Waals surface area contributed by atoms with E-state index in [0.29, 0.717) is 37.0 Å². The molecule has 0 amide bonds. The second-order valence-corrected chi connectivity index (χ2v) is 9.55. The van der Waals surface area contributed by atoms with Crippen molar-refractivity contribution in [3.8, 4) is 0 Å². The highest BCUT2D eigenvalue weighted by Gasteiger charge is 2.62. The summed E-state index contributed by atoms with van der Waals surface area (Å²) >= 11 is 0. The van der Waals surface area contributed by atoms with Crippen molar-refractivity contribution in [3.63, 3.8) is 0 Å². The van der Waals surface area contributed by atoms with Crippen molar-refractivity contribution in [2.45, 2.75) is 70.8 Å². The molecule has 0 aromatic heterocycles. The summed E-state index contributed by atoms with van der Waals surface area (Å²) in [6, 6.07) is 0. The molecule has 2 fully saturated rings. The summed E-state index contributed by atoms with van der Waals surface area (Å²) in [6.07, 6.45) is 11.9. The molecule has 0 unspecified atom stereocenters. The molecular weight excluding hydrogens is 328 g/mol. The van der Waals surface area contributed by atoms with Gasteiger partial charge < -0.3 is 10.2 Å². The Morgan fingerprint density at radius 1 is 1.19 bits per heavy atom. The van der Waals surface area contributed by atoms with E-state index in [1.54, 1.807) is 0 Å². The smallest absolute Gasteiger partial charge is 0.303 e. The Balaban J connectivity index is 1.66. The molecule has 4 aliphatic rings. The molecule has 4 heteroatoms. The van der Waals surface area contributed by atoms with Crippen LogP contribution in [0.1, 0.15) is 65.2 Å². The van der Waals surface area contributed by atoms with Crippen LogP contribution in [0.2, 0.25) is 0 Å². The highest BCUT2D eigenvalue weighted by Crippen LogP contribution is 2.66. The third-order valence-corrected chi connectivity index (χ3v) is 8.59. The third-order valence-electron chi connectivity index (χ3n) is 8.59. The van der Waals surface area contributed by atoms with Crippen LogP contribution in [0.3, 0.4) is 0 Å². The molecule has 0 aliphatic heterocycles. The Morgan fingerprint density at radius 2 is 1.92 bits per heavy atom. The van der Waals surface area contributed by atoms with Crippen molar-refractivity contribution in [1.82, 2.24) is 0 Å². The van der Waals surface area contributed by atoms with Gasteiger partial charge in [0.25, 0.3) is 0 Å². The number of aliphatic hydroxyl groups is 1. The van der Waals surface area contributed by atoms with Gasteiger partial charge in [0.15, 0.2) is 5.78 Å². The lowest BCUT2D eigenvalue weighted by molar-refractivity contribution is -0.144. The molecule has 2 saturated carbocycles. The number of carboxylic acids is 1. The fourth-order valence-electron chi connectivity index (χ4n) is 6.83. The van der Waals surface area contributed by atoms with Crippen molar-refractivity contribution >= 4 is 11.8 Å². The molecule has 0 radical (unpaired) electrons. The van der Waals surface area contributed by atoms with E-state index >= 15 is 0 Å². The maximum atomic E-state index is 11.9. The normalized spacial score (nSPS) is 47.0. The average Bonchev–Trinajstić information content (AvgIpc) is 2.86. The van der Waals surface area contributed by atoms with E-state index in [9.17, 15) is 14.7 Å². The first-order valence-electron chi connectivity index (χ1n) is 10.1. The van der Waals surface area contributed by atoms with Gasteiger partial charge in [-0.3, -0.25) is 9.59 Å². The van der Waals surface area contributed by atoms with E-state index in [1.165, 1.54) is 5.57 Å². The number of hydrogen-bond acceptors (Lipinski definition) is 3. The number of rotatable bonds is 3. The van der Waals surface area contributed by atoms with Crippen LogP contribution < -0.4 is 0 Å². The second-order valence-electron chi connectivity index (χ2n) is 9.55. The Hall–Kier alpha value is -1.42. The highest BCUT2D eigenvalue weighted by atomic mass is 16.4. The molecule has 0 aromatic carbocycles. The summed E-state index contributed by atoms with van der Waals surface area (Å²) in [6.45, 7) is 4.51. The largest absolute Gasteiger partial charge is 0.481 e. The number of carboxylic acid groups (broad SMARTS) is 1. The second kappa shape index (κ2) is 5.79. The Labute approximate surface area is 155 Å². The quantitative estimate of drug-likeness (QED) is 0.802. The van der Waals surface area contributed by atoms with E-state index in [2.05, 4.69) is 26.0 Å². The minimum Gasteiger partial charge on any atom is -0.481 e. The summed E-state index contributed by atoms with van der Waals surface area (Å²) in [5.41, 5.74) is 0.179. The highest BCUT2D eigenvalue weighted by molar-refractivity contribution is 5.92. The van der Waals surface area contributed by atoms with Gasteiger partial charge in [-0.1, -0.05) is 26.0 Å². The molecule has 0 bridgehead atoms. The van der Waals surface area contributed by atoms with Crippen LogP contribution in [0, 0.1) is 28.6 Å². The van der Waals surface area contributed by atoms with Crippen LogP contribution in [-0.4, -0.2) is 27.6 Å². The van der Waals surface area contributed by atoms with Crippen molar-refractivity contribution in [3.05, 3.63) is 23.8 Å². The molecule has 0 aromatic rings. The number of allylic oxidation sites excluding steroid dienone is 4. The third kappa shape index (κ3) is 2.37. The van der Waals surface area contributed by atoms with Gasteiger partial charge in [0, 0.05) is 12.8 Å². The zero-order valence-corrected chi connectivity index (χ0v) is 15.8. The maximum absolute atomic E-state index is 11.9. The van der Waals surface area contributed by atoms with Gasteiger partial charge in [0.1, 0.15) is 0 Å². The average molecular weight is 358 g/mol. The van der Waals surface area contributed by atoms with Gasteiger partial charge in [0.2, 0.25) is 0 Å². The number of carbonyl (C=O) groups excluding carboxylic acids is 1. The molecule has 0 saturated heterocycles. The summed E-state index contributed by atoms with van der Waals surface area (Å²) in [7, 11) is 0.